The van der Waals surface area contributed by atoms with Crippen LogP contribution in [-0.4, -0.2) is 4.57 Å². The van der Waals surface area contributed by atoms with Crippen LogP contribution < -0.4 is 5.32 Å². The monoisotopic (exact) mass is 452 g/mol. The maximum Gasteiger partial charge on any atom is 0.0648 e. The second-order valence-electron chi connectivity index (χ2n) is 7.80. The molecule has 0 amide bonds. The average molecular weight is 453 g/mol. The van der Waals surface area contributed by atoms with E-state index in [4.69, 9.17) is 23.2 Å². The van der Waals surface area contributed by atoms with Gasteiger partial charge in [0.15, 0.2) is 0 Å². The molecule has 2 nitrogen and oxygen atoms in total. The molecule has 0 fully saturated rings. The van der Waals surface area contributed by atoms with Crippen LogP contribution in [0.25, 0.3) is 38.3 Å². The van der Waals surface area contributed by atoms with Gasteiger partial charge in [-0.05, 0) is 53.9 Å². The molecule has 154 valence electrons. The molecular formula is C28H18Cl2N2. The van der Waals surface area contributed by atoms with Crippen LogP contribution in [0.15, 0.2) is 103 Å². The van der Waals surface area contributed by atoms with Gasteiger partial charge in [-0.3, -0.25) is 0 Å². The van der Waals surface area contributed by atoms with Crippen molar-refractivity contribution in [1.82, 2.24) is 4.57 Å². The lowest BCUT2D eigenvalue weighted by molar-refractivity contribution is 1.18. The molecule has 0 spiro atoms. The Morgan fingerprint density at radius 1 is 0.531 bits per heavy atom. The molecule has 0 saturated carbocycles. The van der Waals surface area contributed by atoms with Crippen LogP contribution in [0, 0.1) is 0 Å². The number of nitrogens with zero attached hydrogens (tertiary/aromatic N) is 1. The van der Waals surface area contributed by atoms with Gasteiger partial charge in [-0.1, -0.05) is 77.8 Å². The molecule has 1 heterocycles. The Kier molecular flexibility index (Phi) is 4.57. The third kappa shape index (κ3) is 3.03. The lowest BCUT2D eigenvalue weighted by Gasteiger charge is -2.13. The molecule has 5 aromatic carbocycles. The molecule has 0 aliphatic heterocycles. The van der Waals surface area contributed by atoms with Crippen LogP contribution in [0.3, 0.4) is 0 Å². The second-order valence-corrected chi connectivity index (χ2v) is 8.62. The SMILES string of the molecule is Clc1ccccc1Nc1cccc2cc3c(cc12)c1ccccc1n3-c1ccccc1Cl. The molecule has 0 bridgehead atoms. The summed E-state index contributed by atoms with van der Waals surface area (Å²) in [5.74, 6) is 0. The van der Waals surface area contributed by atoms with E-state index in [1.165, 1.54) is 10.8 Å². The van der Waals surface area contributed by atoms with Gasteiger partial charge in [0.1, 0.15) is 0 Å². The lowest BCUT2D eigenvalue weighted by atomic mass is 10.0. The fraction of sp³-hybridized carbons (Fsp3) is 0. The van der Waals surface area contributed by atoms with Crippen LogP contribution >= 0.6 is 23.2 Å². The second kappa shape index (κ2) is 7.59. The van der Waals surface area contributed by atoms with Crippen molar-refractivity contribution in [1.29, 1.82) is 0 Å². The highest BCUT2D eigenvalue weighted by molar-refractivity contribution is 6.33. The summed E-state index contributed by atoms with van der Waals surface area (Å²) in [6.07, 6.45) is 0. The maximum atomic E-state index is 6.62. The summed E-state index contributed by atoms with van der Waals surface area (Å²) < 4.78 is 2.25. The Balaban J connectivity index is 1.66. The van der Waals surface area contributed by atoms with E-state index in [1.807, 2.05) is 42.5 Å². The Hall–Kier alpha value is -3.46. The number of nitrogens with one attached hydrogen (secondary N) is 1. The first-order valence-electron chi connectivity index (χ1n) is 10.4. The van der Waals surface area contributed by atoms with Crippen molar-refractivity contribution in [3.63, 3.8) is 0 Å². The molecule has 1 N–H and O–H groups in total. The normalized spacial score (nSPS) is 11.4. The highest BCUT2D eigenvalue weighted by atomic mass is 35.5. The minimum atomic E-state index is 0.695. The van der Waals surface area contributed by atoms with Gasteiger partial charge in [-0.15, -0.1) is 0 Å². The summed E-state index contributed by atoms with van der Waals surface area (Å²) in [4.78, 5) is 0. The van der Waals surface area contributed by atoms with Crippen molar-refractivity contribution in [2.45, 2.75) is 0 Å². The molecule has 0 aliphatic rings. The van der Waals surface area contributed by atoms with Crippen molar-refractivity contribution in [3.05, 3.63) is 113 Å². The predicted octanol–water partition coefficient (Wildman–Crippen LogP) is 8.99. The summed E-state index contributed by atoms with van der Waals surface area (Å²) in [6.45, 7) is 0. The van der Waals surface area contributed by atoms with E-state index >= 15 is 0 Å². The van der Waals surface area contributed by atoms with Crippen molar-refractivity contribution < 1.29 is 0 Å². The highest BCUT2D eigenvalue weighted by Gasteiger charge is 2.15. The molecule has 32 heavy (non-hydrogen) atoms. The number of hydrogen-bond donors (Lipinski definition) is 1. The van der Waals surface area contributed by atoms with E-state index in [1.54, 1.807) is 0 Å². The predicted molar refractivity (Wildman–Crippen MR) is 138 cm³/mol. The molecule has 4 heteroatoms. The van der Waals surface area contributed by atoms with Crippen LogP contribution in [0.5, 0.6) is 0 Å². The number of aromatic nitrogens is 1. The van der Waals surface area contributed by atoms with Crippen molar-refractivity contribution >= 4 is 67.2 Å². The van der Waals surface area contributed by atoms with Gasteiger partial charge in [-0.2, -0.15) is 0 Å². The Bertz CT molecular complexity index is 1630. The summed E-state index contributed by atoms with van der Waals surface area (Å²) in [5, 5.41) is 9.60. The highest BCUT2D eigenvalue weighted by Crippen LogP contribution is 2.39. The Labute approximate surface area is 195 Å². The third-order valence-electron chi connectivity index (χ3n) is 5.91. The van der Waals surface area contributed by atoms with Crippen LogP contribution in [-0.2, 0) is 0 Å². The fourth-order valence-corrected chi connectivity index (χ4v) is 4.85. The standard InChI is InChI=1S/C28H18Cl2N2/c29-22-10-2-4-12-25(22)31-24-13-7-8-18-16-28-21(17-20(18)24)19-9-1-5-14-26(19)32(28)27-15-6-3-11-23(27)30/h1-17,31H. The van der Waals surface area contributed by atoms with Gasteiger partial charge >= 0.3 is 0 Å². The minimum Gasteiger partial charge on any atom is -0.354 e. The van der Waals surface area contributed by atoms with Gasteiger partial charge < -0.3 is 9.88 Å². The summed E-state index contributed by atoms with van der Waals surface area (Å²) in [7, 11) is 0. The van der Waals surface area contributed by atoms with Gasteiger partial charge in [0.2, 0.25) is 0 Å². The van der Waals surface area contributed by atoms with Crippen molar-refractivity contribution in [3.8, 4) is 5.69 Å². The molecule has 0 saturated heterocycles. The smallest absolute Gasteiger partial charge is 0.0648 e. The largest absolute Gasteiger partial charge is 0.354 e. The first-order chi connectivity index (χ1) is 15.7. The topological polar surface area (TPSA) is 17.0 Å². The summed E-state index contributed by atoms with van der Waals surface area (Å²) in [6, 6.07) is 35.0. The molecule has 0 unspecified atom stereocenters. The number of fused-ring (bicyclic) bond motifs is 4. The van der Waals surface area contributed by atoms with Gasteiger partial charge in [0.05, 0.1) is 32.5 Å². The zero-order chi connectivity index (χ0) is 21.7. The molecular weight excluding hydrogens is 435 g/mol. The van der Waals surface area contributed by atoms with E-state index < -0.39 is 0 Å². The van der Waals surface area contributed by atoms with Crippen molar-refractivity contribution in [2.24, 2.45) is 0 Å². The Morgan fingerprint density at radius 3 is 2.09 bits per heavy atom. The quantitative estimate of drug-likeness (QED) is 0.283. The first kappa shape index (κ1) is 19.2. The molecule has 0 radical (unpaired) electrons. The Morgan fingerprint density at radius 2 is 1.25 bits per heavy atom. The number of halogens is 2. The van der Waals surface area contributed by atoms with Crippen LogP contribution in [0.2, 0.25) is 10.0 Å². The fourth-order valence-electron chi connectivity index (χ4n) is 4.45. The van der Waals surface area contributed by atoms with E-state index in [0.29, 0.717) is 5.02 Å². The third-order valence-corrected chi connectivity index (χ3v) is 6.56. The molecule has 0 atom stereocenters. The lowest BCUT2D eigenvalue weighted by Crippen LogP contribution is -1.95. The van der Waals surface area contributed by atoms with Gasteiger partial charge in [0.25, 0.3) is 0 Å². The van der Waals surface area contributed by atoms with Crippen LogP contribution in [0.1, 0.15) is 0 Å². The van der Waals surface area contributed by atoms with E-state index in [2.05, 4.69) is 70.5 Å². The maximum absolute atomic E-state index is 6.62. The minimum absolute atomic E-state index is 0.695. The van der Waals surface area contributed by atoms with E-state index in [-0.39, 0.29) is 0 Å². The van der Waals surface area contributed by atoms with E-state index in [9.17, 15) is 0 Å². The number of anilines is 2. The first-order valence-corrected chi connectivity index (χ1v) is 11.2. The van der Waals surface area contributed by atoms with Gasteiger partial charge in [-0.25, -0.2) is 0 Å². The molecule has 6 aromatic rings. The number of para-hydroxylation sites is 3. The number of rotatable bonds is 3. The van der Waals surface area contributed by atoms with Crippen molar-refractivity contribution in [2.75, 3.05) is 5.32 Å². The number of hydrogen-bond acceptors (Lipinski definition) is 1. The zero-order valence-electron chi connectivity index (χ0n) is 17.0. The molecule has 0 aliphatic carbocycles. The van der Waals surface area contributed by atoms with Crippen LogP contribution in [0.4, 0.5) is 11.4 Å². The molecule has 6 rings (SSSR count). The number of benzene rings is 5. The van der Waals surface area contributed by atoms with Gasteiger partial charge in [0, 0.05) is 21.8 Å². The summed E-state index contributed by atoms with van der Waals surface area (Å²) >= 11 is 13.0. The molecule has 1 aromatic heterocycles. The summed E-state index contributed by atoms with van der Waals surface area (Å²) in [5.41, 5.74) is 5.14. The van der Waals surface area contributed by atoms with E-state index in [0.717, 1.165) is 43.9 Å². The average Bonchev–Trinajstić information content (AvgIpc) is 3.13. The zero-order valence-corrected chi connectivity index (χ0v) is 18.5.